The predicted molar refractivity (Wildman–Crippen MR) is 167 cm³/mol. The number of nitrogens with one attached hydrogen (secondary N) is 2. The van der Waals surface area contributed by atoms with E-state index in [4.69, 9.17) is 0 Å². The summed E-state index contributed by atoms with van der Waals surface area (Å²) in [5.74, 6) is 1.17. The lowest BCUT2D eigenvalue weighted by molar-refractivity contribution is 0.756. The van der Waals surface area contributed by atoms with Crippen LogP contribution in [0, 0.1) is 0 Å². The molecule has 0 bridgehead atoms. The summed E-state index contributed by atoms with van der Waals surface area (Å²) < 4.78 is 2.44. The fourth-order valence-electron chi connectivity index (χ4n) is 6.19. The van der Waals surface area contributed by atoms with Crippen molar-refractivity contribution in [3.8, 4) is 5.69 Å². The van der Waals surface area contributed by atoms with E-state index in [9.17, 15) is 0 Å². The SMILES string of the molecule is C1=CC(C2=CC(c3cccc(-n4c5ccccc5c5c6c(ccc54)CCS6)c3)NC(c3ccncc3)=C2)=CCN1. The molecule has 3 aromatic carbocycles. The Hall–Kier alpha value is -4.48. The third kappa shape index (κ3) is 3.89. The number of aryl methyl sites for hydroxylation is 1. The van der Waals surface area contributed by atoms with E-state index in [0.717, 1.165) is 24.2 Å². The molecule has 2 aromatic heterocycles. The molecule has 2 N–H and O–H groups in total. The number of allylic oxidation sites excluding steroid dienone is 4. The van der Waals surface area contributed by atoms with Crippen molar-refractivity contribution in [1.29, 1.82) is 0 Å². The molecule has 5 aromatic rings. The van der Waals surface area contributed by atoms with Crippen LogP contribution in [-0.2, 0) is 6.42 Å². The van der Waals surface area contributed by atoms with Crippen molar-refractivity contribution in [2.75, 3.05) is 12.3 Å². The first-order chi connectivity index (χ1) is 19.8. The molecule has 3 aliphatic rings. The van der Waals surface area contributed by atoms with Crippen LogP contribution in [0.5, 0.6) is 0 Å². The van der Waals surface area contributed by atoms with Crippen molar-refractivity contribution in [1.82, 2.24) is 20.2 Å². The zero-order valence-corrected chi connectivity index (χ0v) is 22.8. The highest BCUT2D eigenvalue weighted by molar-refractivity contribution is 7.99. The topological polar surface area (TPSA) is 41.9 Å². The second-order valence-electron chi connectivity index (χ2n) is 10.4. The summed E-state index contributed by atoms with van der Waals surface area (Å²) in [6.07, 6.45) is 15.9. The van der Waals surface area contributed by atoms with E-state index in [1.54, 1.807) is 0 Å². The molecule has 0 saturated carbocycles. The maximum absolute atomic E-state index is 4.23. The second-order valence-corrected chi connectivity index (χ2v) is 11.5. The van der Waals surface area contributed by atoms with Gasteiger partial charge in [0, 0.05) is 57.3 Å². The summed E-state index contributed by atoms with van der Waals surface area (Å²) in [7, 11) is 0. The van der Waals surface area contributed by atoms with Crippen LogP contribution in [0.3, 0.4) is 0 Å². The molecule has 5 heteroatoms. The number of fused-ring (bicyclic) bond motifs is 5. The summed E-state index contributed by atoms with van der Waals surface area (Å²) >= 11 is 2.00. The smallest absolute Gasteiger partial charge is 0.0707 e. The highest BCUT2D eigenvalue weighted by Crippen LogP contribution is 2.43. The van der Waals surface area contributed by atoms with Gasteiger partial charge in [0.05, 0.1) is 17.1 Å². The molecule has 5 heterocycles. The molecule has 0 fully saturated rings. The van der Waals surface area contributed by atoms with Gasteiger partial charge in [-0.1, -0.05) is 42.5 Å². The van der Waals surface area contributed by atoms with Gasteiger partial charge in [-0.25, -0.2) is 0 Å². The van der Waals surface area contributed by atoms with Crippen LogP contribution in [0.1, 0.15) is 22.7 Å². The molecule has 0 spiro atoms. The first-order valence-electron chi connectivity index (χ1n) is 13.8. The zero-order chi connectivity index (χ0) is 26.5. The molecule has 40 heavy (non-hydrogen) atoms. The van der Waals surface area contributed by atoms with E-state index in [1.165, 1.54) is 60.4 Å². The minimum Gasteiger partial charge on any atom is -0.387 e. The quantitative estimate of drug-likeness (QED) is 0.250. The molecule has 0 saturated heterocycles. The zero-order valence-electron chi connectivity index (χ0n) is 22.0. The number of hydrogen-bond acceptors (Lipinski definition) is 4. The van der Waals surface area contributed by atoms with Gasteiger partial charge in [-0.15, -0.1) is 11.8 Å². The van der Waals surface area contributed by atoms with Crippen molar-refractivity contribution in [2.45, 2.75) is 17.4 Å². The van der Waals surface area contributed by atoms with E-state index < -0.39 is 0 Å². The minimum atomic E-state index is 0.0280. The fourth-order valence-corrected chi connectivity index (χ4v) is 7.43. The monoisotopic (exact) mass is 536 g/mol. The fraction of sp³-hybridized carbons (Fsp3) is 0.114. The number of thioether (sulfide) groups is 1. The Morgan fingerprint density at radius 1 is 0.900 bits per heavy atom. The molecular weight excluding hydrogens is 508 g/mol. The van der Waals surface area contributed by atoms with Crippen LogP contribution in [0.25, 0.3) is 33.2 Å². The van der Waals surface area contributed by atoms with Gasteiger partial charge in [-0.3, -0.25) is 4.98 Å². The average Bonchev–Trinajstić information content (AvgIpc) is 3.64. The lowest BCUT2D eigenvalue weighted by Crippen LogP contribution is -2.23. The Morgan fingerprint density at radius 2 is 1.82 bits per heavy atom. The lowest BCUT2D eigenvalue weighted by atomic mass is 9.92. The van der Waals surface area contributed by atoms with E-state index in [-0.39, 0.29) is 6.04 Å². The van der Waals surface area contributed by atoms with Gasteiger partial charge >= 0.3 is 0 Å². The van der Waals surface area contributed by atoms with E-state index in [1.807, 2.05) is 30.4 Å². The van der Waals surface area contributed by atoms with Crippen molar-refractivity contribution in [3.63, 3.8) is 0 Å². The highest BCUT2D eigenvalue weighted by Gasteiger charge is 2.23. The molecule has 0 amide bonds. The molecule has 1 unspecified atom stereocenters. The Labute approximate surface area is 237 Å². The Morgan fingerprint density at radius 3 is 2.73 bits per heavy atom. The summed E-state index contributed by atoms with van der Waals surface area (Å²) in [6, 6.07) is 26.7. The number of para-hydroxylation sites is 1. The number of aromatic nitrogens is 2. The summed E-state index contributed by atoms with van der Waals surface area (Å²) in [5.41, 5.74) is 11.1. The maximum Gasteiger partial charge on any atom is 0.0707 e. The highest BCUT2D eigenvalue weighted by atomic mass is 32.2. The largest absolute Gasteiger partial charge is 0.387 e. The van der Waals surface area contributed by atoms with E-state index >= 15 is 0 Å². The van der Waals surface area contributed by atoms with Crippen molar-refractivity contribution < 1.29 is 0 Å². The first-order valence-corrected chi connectivity index (χ1v) is 14.8. The molecule has 4 nitrogen and oxygen atoms in total. The summed E-state index contributed by atoms with van der Waals surface area (Å²) in [6.45, 7) is 0.838. The number of nitrogens with zero attached hydrogens (tertiary/aromatic N) is 2. The van der Waals surface area contributed by atoms with Gasteiger partial charge in [0.1, 0.15) is 0 Å². The number of dihydropyridines is 2. The minimum absolute atomic E-state index is 0.0280. The van der Waals surface area contributed by atoms with Gasteiger partial charge < -0.3 is 15.2 Å². The lowest BCUT2D eigenvalue weighted by Gasteiger charge is -2.27. The van der Waals surface area contributed by atoms with Crippen LogP contribution in [-0.4, -0.2) is 21.8 Å². The average molecular weight is 537 g/mol. The summed E-state index contributed by atoms with van der Waals surface area (Å²) in [4.78, 5) is 5.69. The number of pyridine rings is 1. The van der Waals surface area contributed by atoms with Gasteiger partial charge in [0.2, 0.25) is 0 Å². The first kappa shape index (κ1) is 23.4. The van der Waals surface area contributed by atoms with Gasteiger partial charge in [0.15, 0.2) is 0 Å². The van der Waals surface area contributed by atoms with Crippen molar-refractivity contribution in [3.05, 3.63) is 144 Å². The molecule has 8 rings (SSSR count). The molecule has 3 aliphatic heterocycles. The molecule has 194 valence electrons. The third-order valence-corrected chi connectivity index (χ3v) is 9.24. The van der Waals surface area contributed by atoms with Crippen molar-refractivity contribution >= 4 is 39.3 Å². The Bertz CT molecular complexity index is 1910. The van der Waals surface area contributed by atoms with Crippen LogP contribution in [0.4, 0.5) is 0 Å². The second kappa shape index (κ2) is 9.61. The van der Waals surface area contributed by atoms with Crippen LogP contribution < -0.4 is 10.6 Å². The molecule has 1 atom stereocenters. The van der Waals surface area contributed by atoms with Gasteiger partial charge in [-0.2, -0.15) is 0 Å². The van der Waals surface area contributed by atoms with Gasteiger partial charge in [-0.05, 0) is 89.5 Å². The molecular formula is C35H28N4S. The van der Waals surface area contributed by atoms with Crippen LogP contribution >= 0.6 is 11.8 Å². The van der Waals surface area contributed by atoms with Crippen LogP contribution in [0.15, 0.2) is 132 Å². The van der Waals surface area contributed by atoms with E-state index in [2.05, 4.69) is 117 Å². The Balaban J connectivity index is 1.27. The summed E-state index contributed by atoms with van der Waals surface area (Å²) in [5, 5.41) is 9.82. The number of benzene rings is 3. The third-order valence-electron chi connectivity index (χ3n) is 8.08. The number of rotatable bonds is 4. The Kier molecular flexibility index (Phi) is 5.63. The standard InChI is InChI=1S/C35H28N4S/c1-2-7-32-29(6-1)34-33(9-8-25-14-19-40-35(25)34)39(32)28-5-3-4-26(20-28)31-22-27(23-10-15-36-16-11-23)21-30(38-31)24-12-17-37-18-13-24/h1-13,15,17-18,20-22,31,36,38H,14,16,19H2. The van der Waals surface area contributed by atoms with Crippen LogP contribution in [0.2, 0.25) is 0 Å². The predicted octanol–water partition coefficient (Wildman–Crippen LogP) is 7.48. The molecule has 0 radical (unpaired) electrons. The van der Waals surface area contributed by atoms with E-state index in [0.29, 0.717) is 0 Å². The number of hydrogen-bond donors (Lipinski definition) is 2. The molecule has 0 aliphatic carbocycles. The van der Waals surface area contributed by atoms with Gasteiger partial charge in [0.25, 0.3) is 0 Å². The maximum atomic E-state index is 4.23. The van der Waals surface area contributed by atoms with Crippen molar-refractivity contribution in [2.24, 2.45) is 0 Å². The normalized spacial score (nSPS) is 18.1.